The molecule has 0 N–H and O–H groups in total. The molecule has 2 rings (SSSR count). The van der Waals surface area contributed by atoms with Gasteiger partial charge in [-0.05, 0) is 31.4 Å². The van der Waals surface area contributed by atoms with Crippen LogP contribution in [0.5, 0.6) is 0 Å². The highest BCUT2D eigenvalue weighted by Crippen LogP contribution is 2.22. The number of carbonyl (C=O) groups is 1. The molecule has 0 aromatic heterocycles. The summed E-state index contributed by atoms with van der Waals surface area (Å²) in [7, 11) is 0. The van der Waals surface area contributed by atoms with Crippen LogP contribution in [-0.2, 0) is 16.0 Å². The third kappa shape index (κ3) is 3.53. The van der Waals surface area contributed by atoms with Gasteiger partial charge in [0.05, 0.1) is 6.10 Å². The fraction of sp³-hybridized carbons (Fsp3) is 0.500. The first-order valence-electron chi connectivity index (χ1n) is 6.23. The molecule has 98 valence electrons. The highest BCUT2D eigenvalue weighted by molar-refractivity contribution is 6.31. The normalized spacial score (nSPS) is 19.8. The molecule has 0 aliphatic carbocycles. The van der Waals surface area contributed by atoms with Crippen LogP contribution in [0.1, 0.15) is 31.2 Å². The third-order valence-corrected chi connectivity index (χ3v) is 3.52. The van der Waals surface area contributed by atoms with E-state index in [0.29, 0.717) is 17.0 Å². The zero-order valence-electron chi connectivity index (χ0n) is 10.1. The van der Waals surface area contributed by atoms with Gasteiger partial charge < -0.3 is 4.74 Å². The Hall–Kier alpha value is -0.930. The van der Waals surface area contributed by atoms with Gasteiger partial charge in [-0.3, -0.25) is 4.79 Å². The zero-order valence-corrected chi connectivity index (χ0v) is 10.9. The van der Waals surface area contributed by atoms with E-state index in [2.05, 4.69) is 0 Å². The number of Topliss-reactive ketones (excluding diaryl/α,β-unsaturated/α-hetero) is 1. The van der Waals surface area contributed by atoms with Crippen molar-refractivity contribution in [2.45, 2.75) is 38.2 Å². The smallest absolute Gasteiger partial charge is 0.140 e. The number of hydrogen-bond donors (Lipinski definition) is 0. The second kappa shape index (κ2) is 6.30. The average Bonchev–Trinajstić information content (AvgIpc) is 2.35. The molecule has 1 unspecified atom stereocenters. The average molecular weight is 271 g/mol. The van der Waals surface area contributed by atoms with Crippen molar-refractivity contribution in [3.63, 3.8) is 0 Å². The minimum Gasteiger partial charge on any atom is -0.378 e. The van der Waals surface area contributed by atoms with Gasteiger partial charge in [0, 0.05) is 30.0 Å². The Balaban J connectivity index is 1.94. The maximum atomic E-state index is 13.5. The summed E-state index contributed by atoms with van der Waals surface area (Å²) in [4.78, 5) is 11.9. The summed E-state index contributed by atoms with van der Waals surface area (Å²) in [6, 6.07) is 4.46. The Bertz CT molecular complexity index is 408. The molecule has 18 heavy (non-hydrogen) atoms. The van der Waals surface area contributed by atoms with E-state index in [9.17, 15) is 9.18 Å². The molecule has 1 heterocycles. The maximum absolute atomic E-state index is 13.5. The van der Waals surface area contributed by atoms with Gasteiger partial charge in [-0.15, -0.1) is 0 Å². The van der Waals surface area contributed by atoms with Gasteiger partial charge in [0.25, 0.3) is 0 Å². The largest absolute Gasteiger partial charge is 0.378 e. The molecular formula is C14H16ClFO2. The van der Waals surface area contributed by atoms with Crippen molar-refractivity contribution < 1.29 is 13.9 Å². The highest BCUT2D eigenvalue weighted by atomic mass is 35.5. The van der Waals surface area contributed by atoms with Crippen LogP contribution in [0.3, 0.4) is 0 Å². The highest BCUT2D eigenvalue weighted by Gasteiger charge is 2.19. The quantitative estimate of drug-likeness (QED) is 0.836. The van der Waals surface area contributed by atoms with Crippen molar-refractivity contribution in [3.05, 3.63) is 34.6 Å². The lowest BCUT2D eigenvalue weighted by atomic mass is 10.00. The Morgan fingerprint density at radius 3 is 2.94 bits per heavy atom. The Labute approximate surface area is 111 Å². The number of hydrogen-bond acceptors (Lipinski definition) is 2. The summed E-state index contributed by atoms with van der Waals surface area (Å²) >= 11 is 5.89. The Morgan fingerprint density at radius 1 is 1.44 bits per heavy atom. The molecule has 0 bridgehead atoms. The lowest BCUT2D eigenvalue weighted by Gasteiger charge is -2.21. The SMILES string of the molecule is O=C(Cc1c(F)cccc1Cl)CC1CCCCO1. The van der Waals surface area contributed by atoms with Gasteiger partial charge in [0.2, 0.25) is 0 Å². The number of ketones is 1. The molecule has 0 amide bonds. The van der Waals surface area contributed by atoms with Crippen molar-refractivity contribution in [3.8, 4) is 0 Å². The monoisotopic (exact) mass is 270 g/mol. The van der Waals surface area contributed by atoms with Crippen LogP contribution in [0.4, 0.5) is 4.39 Å². The fourth-order valence-corrected chi connectivity index (χ4v) is 2.42. The van der Waals surface area contributed by atoms with Crippen molar-refractivity contribution >= 4 is 17.4 Å². The number of benzene rings is 1. The van der Waals surface area contributed by atoms with Gasteiger partial charge in [-0.2, -0.15) is 0 Å². The van der Waals surface area contributed by atoms with Crippen molar-refractivity contribution in [1.82, 2.24) is 0 Å². The second-order valence-corrected chi connectivity index (χ2v) is 5.02. The van der Waals surface area contributed by atoms with Gasteiger partial charge in [0.15, 0.2) is 0 Å². The van der Waals surface area contributed by atoms with E-state index in [1.165, 1.54) is 12.1 Å². The second-order valence-electron chi connectivity index (χ2n) is 4.61. The lowest BCUT2D eigenvalue weighted by molar-refractivity contribution is -0.122. The summed E-state index contributed by atoms with van der Waals surface area (Å²) in [6.45, 7) is 0.721. The third-order valence-electron chi connectivity index (χ3n) is 3.16. The zero-order chi connectivity index (χ0) is 13.0. The summed E-state index contributed by atoms with van der Waals surface area (Å²) in [5, 5.41) is 0.313. The van der Waals surface area contributed by atoms with E-state index >= 15 is 0 Å². The standard InChI is InChI=1S/C14H16ClFO2/c15-13-5-3-6-14(16)12(13)9-10(17)8-11-4-1-2-7-18-11/h3,5-6,11H,1-2,4,7-9H2. The molecule has 1 aromatic rings. The molecule has 1 aromatic carbocycles. The fourth-order valence-electron chi connectivity index (χ4n) is 2.19. The first-order chi connectivity index (χ1) is 8.66. The lowest BCUT2D eigenvalue weighted by Crippen LogP contribution is -2.23. The van der Waals surface area contributed by atoms with Crippen LogP contribution in [0.2, 0.25) is 5.02 Å². The molecular weight excluding hydrogens is 255 g/mol. The Kier molecular flexibility index (Phi) is 4.72. The van der Waals surface area contributed by atoms with Crippen LogP contribution < -0.4 is 0 Å². The number of halogens is 2. The summed E-state index contributed by atoms with van der Waals surface area (Å²) in [5.74, 6) is -0.436. The summed E-state index contributed by atoms with van der Waals surface area (Å²) < 4.78 is 19.0. The van der Waals surface area contributed by atoms with Crippen LogP contribution in [0.15, 0.2) is 18.2 Å². The molecule has 0 saturated carbocycles. The molecule has 4 heteroatoms. The van der Waals surface area contributed by atoms with Gasteiger partial charge in [0.1, 0.15) is 11.6 Å². The molecule has 0 spiro atoms. The summed E-state index contributed by atoms with van der Waals surface area (Å²) in [5.41, 5.74) is 0.292. The number of carbonyl (C=O) groups excluding carboxylic acids is 1. The van der Waals surface area contributed by atoms with Crippen molar-refractivity contribution in [2.24, 2.45) is 0 Å². The first kappa shape index (κ1) is 13.5. The summed E-state index contributed by atoms with van der Waals surface area (Å²) in [6.07, 6.45) is 3.46. The van der Waals surface area contributed by atoms with E-state index in [1.54, 1.807) is 6.07 Å². The Morgan fingerprint density at radius 2 is 2.28 bits per heavy atom. The predicted molar refractivity (Wildman–Crippen MR) is 68.3 cm³/mol. The van der Waals surface area contributed by atoms with Gasteiger partial charge >= 0.3 is 0 Å². The molecule has 1 atom stereocenters. The van der Waals surface area contributed by atoms with E-state index in [0.717, 1.165) is 25.9 Å². The molecule has 1 aliphatic heterocycles. The molecule has 2 nitrogen and oxygen atoms in total. The van der Waals surface area contributed by atoms with Crippen LogP contribution in [0, 0.1) is 5.82 Å². The van der Waals surface area contributed by atoms with Crippen LogP contribution >= 0.6 is 11.6 Å². The molecule has 0 radical (unpaired) electrons. The minimum absolute atomic E-state index is 0.00296. The first-order valence-corrected chi connectivity index (χ1v) is 6.61. The van der Waals surface area contributed by atoms with Crippen molar-refractivity contribution in [1.29, 1.82) is 0 Å². The molecule has 1 saturated heterocycles. The predicted octanol–water partition coefficient (Wildman–Crippen LogP) is 3.55. The number of ether oxygens (including phenoxy) is 1. The maximum Gasteiger partial charge on any atom is 0.140 e. The van der Waals surface area contributed by atoms with E-state index in [4.69, 9.17) is 16.3 Å². The van der Waals surface area contributed by atoms with Gasteiger partial charge in [-0.1, -0.05) is 17.7 Å². The van der Waals surface area contributed by atoms with Crippen LogP contribution in [0.25, 0.3) is 0 Å². The van der Waals surface area contributed by atoms with Gasteiger partial charge in [-0.25, -0.2) is 4.39 Å². The van der Waals surface area contributed by atoms with Crippen LogP contribution in [-0.4, -0.2) is 18.5 Å². The molecule has 1 fully saturated rings. The topological polar surface area (TPSA) is 26.3 Å². The number of rotatable bonds is 4. The van der Waals surface area contributed by atoms with E-state index < -0.39 is 5.82 Å². The van der Waals surface area contributed by atoms with Crippen molar-refractivity contribution in [2.75, 3.05) is 6.61 Å². The molecule has 1 aliphatic rings. The minimum atomic E-state index is -0.416. The van der Waals surface area contributed by atoms with E-state index in [1.807, 2.05) is 0 Å². The van der Waals surface area contributed by atoms with E-state index in [-0.39, 0.29) is 18.3 Å².